The van der Waals surface area contributed by atoms with E-state index in [4.69, 9.17) is 9.05 Å². The van der Waals surface area contributed by atoms with Crippen molar-refractivity contribution < 1.29 is 32.9 Å². The number of phosphoric acid groups is 1. The van der Waals surface area contributed by atoms with Crippen LogP contribution in [0.4, 0.5) is 0 Å². The fourth-order valence-corrected chi connectivity index (χ4v) is 9.46. The first kappa shape index (κ1) is 67.5. The summed E-state index contributed by atoms with van der Waals surface area (Å²) in [5.74, 6) is -0.164. The van der Waals surface area contributed by atoms with Gasteiger partial charge in [0.25, 0.3) is 7.82 Å². The quantitative estimate of drug-likeness (QED) is 0.0272. The Morgan fingerprint density at radius 1 is 0.522 bits per heavy atom. The number of nitrogens with zero attached hydrogens (tertiary/aromatic N) is 1. The Balaban J connectivity index is 3.75. The van der Waals surface area contributed by atoms with Gasteiger partial charge in [-0.05, 0) is 51.4 Å². The van der Waals surface area contributed by atoms with Gasteiger partial charge in [0.15, 0.2) is 0 Å². The van der Waals surface area contributed by atoms with E-state index in [9.17, 15) is 19.4 Å². The Kier molecular flexibility index (Phi) is 50.2. The first-order valence-electron chi connectivity index (χ1n) is 29.5. The van der Waals surface area contributed by atoms with Gasteiger partial charge in [0, 0.05) is 6.42 Å². The molecule has 0 rings (SSSR count). The lowest BCUT2D eigenvalue weighted by Crippen LogP contribution is -2.46. The van der Waals surface area contributed by atoms with Crippen LogP contribution in [0.3, 0.4) is 0 Å². The summed E-state index contributed by atoms with van der Waals surface area (Å²) in [6.07, 6.45) is 67.7. The van der Waals surface area contributed by atoms with Crippen LogP contribution in [0.2, 0.25) is 0 Å². The van der Waals surface area contributed by atoms with Crippen LogP contribution in [-0.4, -0.2) is 68.5 Å². The number of nitrogens with one attached hydrogen (secondary N) is 1. The standard InChI is InChI=1S/C60H115N2O6P/c1-6-8-10-12-14-16-17-18-19-20-21-22-23-24-25-26-27-28-29-30-31-32-33-34-35-36-37-38-39-40-41-42-43-44-45-46-48-50-52-54-60(64)61-58(57-68-69(65,66)67-56-55-62(3,4)5)59(63)53-51-49-47-15-13-11-9-7-2/h8,10,14,16,18-19,21-22,58-59,63H,6-7,9,11-13,15,17,20,23-57H2,1-5H3,(H-,61,64,65,66)/b10-8-,16-14-,19-18-,22-21-. The van der Waals surface area contributed by atoms with Crippen molar-refractivity contribution in [3.8, 4) is 0 Å². The van der Waals surface area contributed by atoms with Crippen LogP contribution in [0.5, 0.6) is 0 Å². The molecule has 0 aliphatic heterocycles. The Hall–Kier alpha value is -1.54. The summed E-state index contributed by atoms with van der Waals surface area (Å²) in [4.78, 5) is 25.4. The highest BCUT2D eigenvalue weighted by Gasteiger charge is 2.24. The number of carbonyl (C=O) groups is 1. The molecule has 0 aromatic rings. The number of phosphoric ester groups is 1. The largest absolute Gasteiger partial charge is 0.756 e. The second-order valence-electron chi connectivity index (χ2n) is 21.3. The highest BCUT2D eigenvalue weighted by Crippen LogP contribution is 2.38. The van der Waals surface area contributed by atoms with Crippen molar-refractivity contribution in [1.29, 1.82) is 0 Å². The van der Waals surface area contributed by atoms with E-state index in [2.05, 4.69) is 67.8 Å². The molecule has 0 aliphatic rings. The fraction of sp³-hybridized carbons (Fsp3) is 0.850. The minimum absolute atomic E-state index is 0.0135. The maximum absolute atomic E-state index is 12.9. The van der Waals surface area contributed by atoms with Crippen molar-refractivity contribution in [2.75, 3.05) is 40.9 Å². The van der Waals surface area contributed by atoms with Gasteiger partial charge in [-0.25, -0.2) is 0 Å². The van der Waals surface area contributed by atoms with Crippen LogP contribution >= 0.6 is 7.82 Å². The molecule has 1 amide bonds. The predicted molar refractivity (Wildman–Crippen MR) is 298 cm³/mol. The number of unbranched alkanes of at least 4 members (excludes halogenated alkanes) is 33. The average molecular weight is 992 g/mol. The summed E-state index contributed by atoms with van der Waals surface area (Å²) in [6.45, 7) is 4.59. The lowest BCUT2D eigenvalue weighted by molar-refractivity contribution is -0.870. The molecule has 0 aromatic heterocycles. The maximum atomic E-state index is 12.9. The van der Waals surface area contributed by atoms with Crippen LogP contribution in [0.25, 0.3) is 0 Å². The minimum Gasteiger partial charge on any atom is -0.756 e. The van der Waals surface area contributed by atoms with E-state index in [1.54, 1.807) is 0 Å². The van der Waals surface area contributed by atoms with Gasteiger partial charge in [0.05, 0.1) is 39.9 Å². The third kappa shape index (κ3) is 54.1. The number of allylic oxidation sites excluding steroid dienone is 8. The highest BCUT2D eigenvalue weighted by molar-refractivity contribution is 7.45. The molecule has 0 saturated carbocycles. The molecule has 0 bridgehead atoms. The first-order chi connectivity index (χ1) is 33.5. The molecule has 0 radical (unpaired) electrons. The number of rotatable bonds is 54. The lowest BCUT2D eigenvalue weighted by atomic mass is 10.0. The number of amides is 1. The van der Waals surface area contributed by atoms with E-state index in [0.717, 1.165) is 64.2 Å². The monoisotopic (exact) mass is 991 g/mol. The van der Waals surface area contributed by atoms with Crippen LogP contribution in [0.15, 0.2) is 48.6 Å². The highest BCUT2D eigenvalue weighted by atomic mass is 31.2. The van der Waals surface area contributed by atoms with Crippen LogP contribution in [0.1, 0.15) is 277 Å². The first-order valence-corrected chi connectivity index (χ1v) is 30.9. The zero-order valence-electron chi connectivity index (χ0n) is 46.3. The Labute approximate surface area is 429 Å². The third-order valence-corrected chi connectivity index (χ3v) is 14.3. The van der Waals surface area contributed by atoms with Gasteiger partial charge in [-0.3, -0.25) is 9.36 Å². The summed E-state index contributed by atoms with van der Waals surface area (Å²) >= 11 is 0. The molecule has 406 valence electrons. The molecule has 0 aromatic carbocycles. The Morgan fingerprint density at radius 2 is 0.884 bits per heavy atom. The lowest BCUT2D eigenvalue weighted by Gasteiger charge is -2.30. The van der Waals surface area contributed by atoms with Gasteiger partial charge in [0.2, 0.25) is 5.91 Å². The summed E-state index contributed by atoms with van der Waals surface area (Å²) in [5, 5.41) is 13.9. The number of quaternary nitrogens is 1. The van der Waals surface area contributed by atoms with E-state index in [-0.39, 0.29) is 19.1 Å². The molecule has 0 fully saturated rings. The zero-order chi connectivity index (χ0) is 50.6. The number of likely N-dealkylation sites (N-methyl/N-ethyl adjacent to an activating group) is 1. The minimum atomic E-state index is -4.56. The molecule has 8 nitrogen and oxygen atoms in total. The molecule has 0 heterocycles. The van der Waals surface area contributed by atoms with Crippen molar-refractivity contribution in [3.63, 3.8) is 0 Å². The normalized spacial score (nSPS) is 14.2. The topological polar surface area (TPSA) is 108 Å². The molecular weight excluding hydrogens is 876 g/mol. The number of hydrogen-bond acceptors (Lipinski definition) is 6. The van der Waals surface area contributed by atoms with E-state index >= 15 is 0 Å². The van der Waals surface area contributed by atoms with Crippen LogP contribution in [0, 0.1) is 0 Å². The van der Waals surface area contributed by atoms with Crippen molar-refractivity contribution in [1.82, 2.24) is 5.32 Å². The average Bonchev–Trinajstić information content (AvgIpc) is 3.31. The van der Waals surface area contributed by atoms with Crippen molar-refractivity contribution in [2.45, 2.75) is 289 Å². The van der Waals surface area contributed by atoms with Crippen LogP contribution in [-0.2, 0) is 18.4 Å². The smallest absolute Gasteiger partial charge is 0.268 e. The van der Waals surface area contributed by atoms with Gasteiger partial charge < -0.3 is 28.8 Å². The summed E-state index contributed by atoms with van der Waals surface area (Å²) in [6, 6.07) is -0.796. The third-order valence-electron chi connectivity index (χ3n) is 13.3. The number of aliphatic hydroxyl groups is 1. The zero-order valence-corrected chi connectivity index (χ0v) is 47.2. The predicted octanol–water partition coefficient (Wildman–Crippen LogP) is 17.3. The molecule has 0 spiro atoms. The van der Waals surface area contributed by atoms with Gasteiger partial charge in [-0.1, -0.05) is 268 Å². The molecule has 3 unspecified atom stereocenters. The molecule has 9 heteroatoms. The van der Waals surface area contributed by atoms with Gasteiger partial charge in [0.1, 0.15) is 13.2 Å². The van der Waals surface area contributed by atoms with Gasteiger partial charge in [-0.2, -0.15) is 0 Å². The molecule has 3 atom stereocenters. The van der Waals surface area contributed by atoms with E-state index in [1.807, 2.05) is 21.1 Å². The van der Waals surface area contributed by atoms with Crippen molar-refractivity contribution in [3.05, 3.63) is 48.6 Å². The maximum Gasteiger partial charge on any atom is 0.268 e. The fourth-order valence-electron chi connectivity index (χ4n) is 8.74. The number of hydrogen-bond donors (Lipinski definition) is 2. The van der Waals surface area contributed by atoms with Gasteiger partial charge in [-0.15, -0.1) is 0 Å². The number of carbonyl (C=O) groups excluding carboxylic acids is 1. The second-order valence-corrected chi connectivity index (χ2v) is 22.7. The van der Waals surface area contributed by atoms with Crippen molar-refractivity contribution >= 4 is 13.7 Å². The summed E-state index contributed by atoms with van der Waals surface area (Å²) < 4.78 is 23.3. The van der Waals surface area contributed by atoms with Crippen molar-refractivity contribution in [2.24, 2.45) is 0 Å². The number of aliphatic hydroxyl groups excluding tert-OH is 1. The summed E-state index contributed by atoms with van der Waals surface area (Å²) in [5.41, 5.74) is 0. The molecular formula is C60H115N2O6P. The van der Waals surface area contributed by atoms with E-state index in [1.165, 1.54) is 186 Å². The van der Waals surface area contributed by atoms with Crippen LogP contribution < -0.4 is 10.2 Å². The molecule has 0 aliphatic carbocycles. The van der Waals surface area contributed by atoms with E-state index < -0.39 is 20.0 Å². The Morgan fingerprint density at radius 3 is 1.29 bits per heavy atom. The van der Waals surface area contributed by atoms with Gasteiger partial charge >= 0.3 is 0 Å². The molecule has 2 N–H and O–H groups in total. The molecule has 0 saturated heterocycles. The second kappa shape index (κ2) is 51.4. The Bertz CT molecular complexity index is 1260. The SMILES string of the molecule is CC/C=C\C/C=C\C/C=C\C/C=C\CCCCCCCCCCCCCCCCCCCCCCCCCCCCC(=O)NC(COP(=O)([O-])OCC[N+](C)(C)C)C(O)CCCCCCCCCC. The summed E-state index contributed by atoms with van der Waals surface area (Å²) in [7, 11) is 1.31. The molecule has 69 heavy (non-hydrogen) atoms. The van der Waals surface area contributed by atoms with E-state index in [0.29, 0.717) is 23.9 Å².